The molecule has 5 heteroatoms. The summed E-state index contributed by atoms with van der Waals surface area (Å²) in [6, 6.07) is 13.6. The number of rotatable bonds is 19. The molecule has 3 amide bonds. The molecule has 0 aliphatic carbocycles. The Labute approximate surface area is 272 Å². The van der Waals surface area contributed by atoms with Crippen LogP contribution in [0.25, 0.3) is 0 Å². The van der Waals surface area contributed by atoms with Crippen molar-refractivity contribution in [1.29, 1.82) is 0 Å². The number of allylic oxidation sites excluding steroid dienone is 10. The number of anilines is 2. The summed E-state index contributed by atoms with van der Waals surface area (Å²) in [5, 5.41) is 9.01. The lowest BCUT2D eigenvalue weighted by Crippen LogP contribution is -2.29. The molecule has 3 N–H and O–H groups in total. The summed E-state index contributed by atoms with van der Waals surface area (Å²) in [5.74, 6) is 0.622. The van der Waals surface area contributed by atoms with Gasteiger partial charge in [-0.25, -0.2) is 4.79 Å². The first-order valence-corrected chi connectivity index (χ1v) is 16.6. The summed E-state index contributed by atoms with van der Waals surface area (Å²) >= 11 is 0. The molecule has 242 valence electrons. The van der Waals surface area contributed by atoms with Crippen molar-refractivity contribution in [2.45, 2.75) is 104 Å². The molecule has 2 aromatic rings. The van der Waals surface area contributed by atoms with Crippen molar-refractivity contribution >= 4 is 23.3 Å². The number of benzene rings is 2. The Morgan fingerprint density at radius 2 is 1.18 bits per heavy atom. The summed E-state index contributed by atoms with van der Waals surface area (Å²) in [7, 11) is 0. The summed E-state index contributed by atoms with van der Waals surface area (Å²) in [6.45, 7) is 11.1. The van der Waals surface area contributed by atoms with Gasteiger partial charge in [-0.2, -0.15) is 0 Å². The molecule has 0 spiro atoms. The molecule has 0 radical (unpaired) electrons. The van der Waals surface area contributed by atoms with E-state index in [0.717, 1.165) is 73.0 Å². The highest BCUT2D eigenvalue weighted by Crippen LogP contribution is 2.32. The second-order valence-electron chi connectivity index (χ2n) is 11.8. The Hall–Kier alpha value is -4.12. The summed E-state index contributed by atoms with van der Waals surface area (Å²) in [4.78, 5) is 25.1. The second kappa shape index (κ2) is 22.4. The fourth-order valence-electron chi connectivity index (χ4n) is 4.71. The molecule has 2 aromatic carbocycles. The normalized spacial score (nSPS) is 12.2. The van der Waals surface area contributed by atoms with Crippen LogP contribution in [-0.4, -0.2) is 11.9 Å². The van der Waals surface area contributed by atoms with Crippen LogP contribution in [0.3, 0.4) is 0 Å². The number of nitrogens with one attached hydrogen (secondary N) is 3. The molecule has 0 saturated carbocycles. The Morgan fingerprint density at radius 3 is 1.69 bits per heavy atom. The summed E-state index contributed by atoms with van der Waals surface area (Å²) in [5.41, 5.74) is 4.89. The lowest BCUT2D eigenvalue weighted by Gasteiger charge is -2.20. The fourth-order valence-corrected chi connectivity index (χ4v) is 4.71. The zero-order chi connectivity index (χ0) is 32.7. The SMILES string of the molecule is CC/C=C/C/C=C/C/C=C/C/C=C/C/C=C/CCCC(=O)Nc1ccc(CNC(=O)Nc2c(C(C)C)cccc2C(C)C)cc1. The van der Waals surface area contributed by atoms with Gasteiger partial charge in [-0.05, 0) is 85.6 Å². The Morgan fingerprint density at radius 1 is 0.667 bits per heavy atom. The lowest BCUT2D eigenvalue weighted by molar-refractivity contribution is -0.116. The molecule has 0 aliphatic rings. The van der Waals surface area contributed by atoms with Crippen LogP contribution in [0.5, 0.6) is 0 Å². The van der Waals surface area contributed by atoms with E-state index in [2.05, 4.69) is 130 Å². The zero-order valence-corrected chi connectivity index (χ0v) is 28.2. The number of hydrogen-bond acceptors (Lipinski definition) is 2. The van der Waals surface area contributed by atoms with E-state index in [9.17, 15) is 9.59 Å². The number of para-hydroxylation sites is 1. The zero-order valence-electron chi connectivity index (χ0n) is 28.2. The van der Waals surface area contributed by atoms with Crippen LogP contribution in [0.4, 0.5) is 16.2 Å². The summed E-state index contributed by atoms with van der Waals surface area (Å²) < 4.78 is 0. The van der Waals surface area contributed by atoms with Crippen molar-refractivity contribution in [2.75, 3.05) is 10.6 Å². The molecule has 0 aromatic heterocycles. The number of urea groups is 1. The largest absolute Gasteiger partial charge is 0.334 e. The third-order valence-corrected chi connectivity index (χ3v) is 7.23. The third-order valence-electron chi connectivity index (χ3n) is 7.23. The van der Waals surface area contributed by atoms with Gasteiger partial charge in [-0.3, -0.25) is 4.79 Å². The molecular formula is C40H55N3O2. The van der Waals surface area contributed by atoms with Gasteiger partial charge in [-0.15, -0.1) is 0 Å². The number of amides is 3. The van der Waals surface area contributed by atoms with Crippen LogP contribution in [-0.2, 0) is 11.3 Å². The van der Waals surface area contributed by atoms with Crippen molar-refractivity contribution in [3.63, 3.8) is 0 Å². The van der Waals surface area contributed by atoms with E-state index < -0.39 is 0 Å². The monoisotopic (exact) mass is 609 g/mol. The predicted octanol–water partition coefficient (Wildman–Crippen LogP) is 11.1. The molecule has 0 atom stereocenters. The van der Waals surface area contributed by atoms with Crippen LogP contribution in [0, 0.1) is 0 Å². The van der Waals surface area contributed by atoms with Gasteiger partial charge in [0.2, 0.25) is 5.91 Å². The Bertz CT molecular complexity index is 1270. The minimum absolute atomic E-state index is 0.0115. The highest BCUT2D eigenvalue weighted by molar-refractivity contribution is 5.92. The minimum atomic E-state index is -0.227. The highest BCUT2D eigenvalue weighted by atomic mass is 16.2. The van der Waals surface area contributed by atoms with Crippen molar-refractivity contribution in [2.24, 2.45) is 0 Å². The summed E-state index contributed by atoms with van der Waals surface area (Å²) in [6.07, 6.45) is 29.0. The van der Waals surface area contributed by atoms with Gasteiger partial charge in [0, 0.05) is 24.3 Å². The maximum Gasteiger partial charge on any atom is 0.319 e. The fraction of sp³-hybridized carbons (Fsp3) is 0.400. The molecule has 2 rings (SSSR count). The van der Waals surface area contributed by atoms with Crippen LogP contribution < -0.4 is 16.0 Å². The van der Waals surface area contributed by atoms with Gasteiger partial charge in [0.05, 0.1) is 0 Å². The predicted molar refractivity (Wildman–Crippen MR) is 194 cm³/mol. The van der Waals surface area contributed by atoms with E-state index in [0.29, 0.717) is 24.8 Å². The van der Waals surface area contributed by atoms with E-state index in [1.54, 1.807) is 0 Å². The molecule has 0 heterocycles. The minimum Gasteiger partial charge on any atom is -0.334 e. The molecule has 0 aliphatic heterocycles. The average Bonchev–Trinajstić information content (AvgIpc) is 3.02. The third kappa shape index (κ3) is 16.0. The van der Waals surface area contributed by atoms with E-state index in [-0.39, 0.29) is 11.9 Å². The van der Waals surface area contributed by atoms with Gasteiger partial charge in [0.1, 0.15) is 0 Å². The molecule has 45 heavy (non-hydrogen) atoms. The van der Waals surface area contributed by atoms with E-state index in [1.165, 1.54) is 0 Å². The number of carbonyl (C=O) groups is 2. The standard InChI is InChI=1S/C40H55N3O2/c1-6-7-8-9-10-11-12-13-14-15-16-17-18-19-20-21-22-26-38(44)42-35-29-27-34(28-30-35)31-41-40(45)43-39-36(32(2)3)24-23-25-37(39)33(4)5/h7-8,10-11,13-14,16-17,19-20,23-25,27-30,32-33H,6,9,12,15,18,21-22,26,31H2,1-5H3,(H,42,44)(H2,41,43,45)/b8-7+,11-10+,14-13+,17-16+,20-19+. The number of carbonyl (C=O) groups excluding carboxylic acids is 2. The molecule has 0 unspecified atom stereocenters. The number of hydrogen-bond donors (Lipinski definition) is 3. The molecule has 5 nitrogen and oxygen atoms in total. The van der Waals surface area contributed by atoms with Gasteiger partial charge in [0.25, 0.3) is 0 Å². The van der Waals surface area contributed by atoms with Crippen molar-refractivity contribution in [1.82, 2.24) is 5.32 Å². The first-order chi connectivity index (χ1) is 21.8. The van der Waals surface area contributed by atoms with Gasteiger partial charge >= 0.3 is 6.03 Å². The van der Waals surface area contributed by atoms with E-state index in [1.807, 2.05) is 24.3 Å². The second-order valence-corrected chi connectivity index (χ2v) is 11.8. The van der Waals surface area contributed by atoms with Crippen LogP contribution in [0.15, 0.2) is 103 Å². The maximum atomic E-state index is 12.8. The van der Waals surface area contributed by atoms with Crippen molar-refractivity contribution < 1.29 is 9.59 Å². The van der Waals surface area contributed by atoms with E-state index in [4.69, 9.17) is 0 Å². The number of unbranched alkanes of at least 4 members (excludes halogenated alkanes) is 1. The van der Waals surface area contributed by atoms with Gasteiger partial charge in [-0.1, -0.05) is 126 Å². The van der Waals surface area contributed by atoms with E-state index >= 15 is 0 Å². The molecule has 0 fully saturated rings. The molecule has 0 saturated heterocycles. The smallest absolute Gasteiger partial charge is 0.319 e. The quantitative estimate of drug-likeness (QED) is 0.109. The van der Waals surface area contributed by atoms with Gasteiger partial charge < -0.3 is 16.0 Å². The topological polar surface area (TPSA) is 70.2 Å². The van der Waals surface area contributed by atoms with Crippen LogP contribution in [0.1, 0.15) is 115 Å². The maximum absolute atomic E-state index is 12.8. The molecular weight excluding hydrogens is 554 g/mol. The molecule has 0 bridgehead atoms. The highest BCUT2D eigenvalue weighted by Gasteiger charge is 2.15. The van der Waals surface area contributed by atoms with Crippen LogP contribution in [0.2, 0.25) is 0 Å². The van der Waals surface area contributed by atoms with Crippen LogP contribution >= 0.6 is 0 Å². The Kier molecular flexibility index (Phi) is 18.5. The van der Waals surface area contributed by atoms with Crippen molar-refractivity contribution in [3.8, 4) is 0 Å². The Balaban J connectivity index is 1.62. The van der Waals surface area contributed by atoms with Crippen molar-refractivity contribution in [3.05, 3.63) is 120 Å². The average molecular weight is 610 g/mol. The first-order valence-electron chi connectivity index (χ1n) is 16.6. The van der Waals surface area contributed by atoms with Gasteiger partial charge in [0.15, 0.2) is 0 Å². The first kappa shape index (κ1) is 37.1. The lowest BCUT2D eigenvalue weighted by atomic mass is 9.93.